The highest BCUT2D eigenvalue weighted by molar-refractivity contribution is 7.92. The molecule has 0 aliphatic carbocycles. The molecule has 6 nitrogen and oxygen atoms in total. The number of rotatable bonds is 4. The summed E-state index contributed by atoms with van der Waals surface area (Å²) in [5.74, 6) is -1.22. The van der Waals surface area contributed by atoms with Gasteiger partial charge in [-0.15, -0.1) is 0 Å². The topological polar surface area (TPSA) is 94.3 Å². The van der Waals surface area contributed by atoms with Crippen LogP contribution < -0.4 is 0 Å². The quantitative estimate of drug-likeness (QED) is 0.622. The van der Waals surface area contributed by atoms with Gasteiger partial charge in [-0.1, -0.05) is 32.9 Å². The fourth-order valence-electron chi connectivity index (χ4n) is 1.34. The van der Waals surface area contributed by atoms with E-state index in [1.54, 1.807) is 20.8 Å². The lowest BCUT2D eigenvalue weighted by Crippen LogP contribution is -2.28. The van der Waals surface area contributed by atoms with Gasteiger partial charge in [0.05, 0.1) is 4.92 Å². The van der Waals surface area contributed by atoms with E-state index in [4.69, 9.17) is 0 Å². The van der Waals surface area contributed by atoms with Gasteiger partial charge in [0, 0.05) is 11.5 Å². The summed E-state index contributed by atoms with van der Waals surface area (Å²) >= 11 is 0. The average molecular weight is 285 g/mol. The zero-order chi connectivity index (χ0) is 14.8. The lowest BCUT2D eigenvalue weighted by atomic mass is 9.92. The fourth-order valence-corrected chi connectivity index (χ4v) is 3.02. The van der Waals surface area contributed by atoms with E-state index in [9.17, 15) is 23.3 Å². The summed E-state index contributed by atoms with van der Waals surface area (Å²) in [6, 6.07) is 5.02. The van der Waals surface area contributed by atoms with Crippen molar-refractivity contribution in [1.82, 2.24) is 0 Å². The number of hydrogen-bond donors (Lipinski definition) is 0. The molecule has 1 aromatic rings. The maximum atomic E-state index is 12.1. The molecular formula is C12H15NO5S. The minimum Gasteiger partial charge on any atom is -0.298 e. The first-order valence-electron chi connectivity index (χ1n) is 5.55. The minimum atomic E-state index is -4.01. The van der Waals surface area contributed by atoms with E-state index in [0.29, 0.717) is 0 Å². The molecule has 19 heavy (non-hydrogen) atoms. The number of nitro groups is 1. The van der Waals surface area contributed by atoms with E-state index in [0.717, 1.165) is 12.1 Å². The van der Waals surface area contributed by atoms with Crippen LogP contribution in [0.25, 0.3) is 0 Å². The first-order chi connectivity index (χ1) is 8.55. The van der Waals surface area contributed by atoms with E-state index < -0.39 is 42.3 Å². The number of hydrogen-bond acceptors (Lipinski definition) is 5. The van der Waals surface area contributed by atoms with Crippen LogP contribution in [0.2, 0.25) is 0 Å². The predicted octanol–water partition coefficient (Wildman–Crippen LogP) is 1.98. The van der Waals surface area contributed by atoms with Crippen molar-refractivity contribution >= 4 is 21.3 Å². The number of ketones is 1. The summed E-state index contributed by atoms with van der Waals surface area (Å²) in [4.78, 5) is 21.4. The number of nitro benzene ring substituents is 1. The van der Waals surface area contributed by atoms with Crippen LogP contribution in [0.5, 0.6) is 0 Å². The zero-order valence-electron chi connectivity index (χ0n) is 10.9. The first kappa shape index (κ1) is 15.3. The Hall–Kier alpha value is -1.76. The standard InChI is InChI=1S/C12H15NO5S/c1-12(2,3)11(14)8-19(17,18)10-7-5-4-6-9(10)13(15)16/h4-7H,8H2,1-3H3. The third-order valence-electron chi connectivity index (χ3n) is 2.55. The van der Waals surface area contributed by atoms with Gasteiger partial charge in [-0.2, -0.15) is 0 Å². The summed E-state index contributed by atoms with van der Waals surface area (Å²) in [5.41, 5.74) is -1.32. The summed E-state index contributed by atoms with van der Waals surface area (Å²) in [7, 11) is -4.01. The number of Topliss-reactive ketones (excluding diaryl/α,β-unsaturated/α-hetero) is 1. The van der Waals surface area contributed by atoms with Crippen molar-refractivity contribution < 1.29 is 18.1 Å². The van der Waals surface area contributed by atoms with Crippen LogP contribution in [0.1, 0.15) is 20.8 Å². The summed E-state index contributed by atoms with van der Waals surface area (Å²) < 4.78 is 24.2. The summed E-state index contributed by atoms with van der Waals surface area (Å²) in [6.45, 7) is 4.80. The zero-order valence-corrected chi connectivity index (χ0v) is 11.7. The van der Waals surface area contributed by atoms with Crippen LogP contribution in [0, 0.1) is 15.5 Å². The van der Waals surface area contributed by atoms with E-state index in [2.05, 4.69) is 0 Å². The van der Waals surface area contributed by atoms with Gasteiger partial charge < -0.3 is 0 Å². The molecule has 0 radical (unpaired) electrons. The second-order valence-corrected chi connectivity index (χ2v) is 7.12. The highest BCUT2D eigenvalue weighted by atomic mass is 32.2. The molecule has 0 unspecified atom stereocenters. The van der Waals surface area contributed by atoms with Crippen LogP contribution in [0.4, 0.5) is 5.69 Å². The molecule has 0 aliphatic rings. The molecule has 0 saturated heterocycles. The first-order valence-corrected chi connectivity index (χ1v) is 7.20. The van der Waals surface area contributed by atoms with Gasteiger partial charge in [-0.25, -0.2) is 8.42 Å². The Morgan fingerprint density at radius 3 is 2.26 bits per heavy atom. The number of carbonyl (C=O) groups excluding carboxylic acids is 1. The molecule has 1 rings (SSSR count). The SMILES string of the molecule is CC(C)(C)C(=O)CS(=O)(=O)c1ccccc1[N+](=O)[O-]. The molecule has 0 saturated carbocycles. The lowest BCUT2D eigenvalue weighted by molar-refractivity contribution is -0.387. The van der Waals surface area contributed by atoms with Crippen LogP contribution in [0.3, 0.4) is 0 Å². The van der Waals surface area contributed by atoms with Crippen molar-refractivity contribution in [3.63, 3.8) is 0 Å². The molecule has 7 heteroatoms. The molecule has 0 heterocycles. The van der Waals surface area contributed by atoms with E-state index >= 15 is 0 Å². The number of para-hydroxylation sites is 1. The molecule has 0 atom stereocenters. The van der Waals surface area contributed by atoms with Crippen molar-refractivity contribution in [2.75, 3.05) is 5.75 Å². The van der Waals surface area contributed by atoms with Crippen molar-refractivity contribution in [3.05, 3.63) is 34.4 Å². The Morgan fingerprint density at radius 2 is 1.79 bits per heavy atom. The molecule has 0 N–H and O–H groups in total. The van der Waals surface area contributed by atoms with Crippen molar-refractivity contribution in [3.8, 4) is 0 Å². The smallest absolute Gasteiger partial charge is 0.287 e. The van der Waals surface area contributed by atoms with Gasteiger partial charge in [-0.3, -0.25) is 14.9 Å². The van der Waals surface area contributed by atoms with Crippen molar-refractivity contribution in [2.24, 2.45) is 5.41 Å². The third kappa shape index (κ3) is 3.60. The molecule has 104 valence electrons. The highest BCUT2D eigenvalue weighted by Gasteiger charge is 2.31. The number of benzene rings is 1. The summed E-state index contributed by atoms with van der Waals surface area (Å²) in [5, 5.41) is 10.8. The van der Waals surface area contributed by atoms with Crippen molar-refractivity contribution in [2.45, 2.75) is 25.7 Å². The molecule has 0 aromatic heterocycles. The second-order valence-electron chi connectivity index (χ2n) is 5.16. The molecule has 0 aliphatic heterocycles. The highest BCUT2D eigenvalue weighted by Crippen LogP contribution is 2.26. The second kappa shape index (κ2) is 5.08. The van der Waals surface area contributed by atoms with Gasteiger partial charge >= 0.3 is 0 Å². The number of nitrogens with zero attached hydrogens (tertiary/aromatic N) is 1. The maximum Gasteiger partial charge on any atom is 0.287 e. The number of carbonyl (C=O) groups is 1. The maximum absolute atomic E-state index is 12.1. The fraction of sp³-hybridized carbons (Fsp3) is 0.417. The minimum absolute atomic E-state index is 0.419. The van der Waals surface area contributed by atoms with Gasteiger partial charge in [0.2, 0.25) is 0 Å². The molecule has 0 spiro atoms. The Labute approximate surface area is 111 Å². The van der Waals surface area contributed by atoms with E-state index in [1.807, 2.05) is 0 Å². The van der Waals surface area contributed by atoms with Gasteiger partial charge in [0.15, 0.2) is 15.6 Å². The third-order valence-corrected chi connectivity index (χ3v) is 4.21. The van der Waals surface area contributed by atoms with Gasteiger partial charge in [-0.05, 0) is 6.07 Å². The Bertz CT molecular complexity index is 613. The Morgan fingerprint density at radius 1 is 1.26 bits per heavy atom. The van der Waals surface area contributed by atoms with Gasteiger partial charge in [0.1, 0.15) is 10.6 Å². The average Bonchev–Trinajstić information content (AvgIpc) is 2.27. The largest absolute Gasteiger partial charge is 0.298 e. The van der Waals surface area contributed by atoms with E-state index in [1.165, 1.54) is 12.1 Å². The Kier molecular flexibility index (Phi) is 4.09. The van der Waals surface area contributed by atoms with Crippen LogP contribution >= 0.6 is 0 Å². The summed E-state index contributed by atoms with van der Waals surface area (Å²) in [6.07, 6.45) is 0. The monoisotopic (exact) mass is 285 g/mol. The Balaban J connectivity index is 3.23. The van der Waals surface area contributed by atoms with Crippen LogP contribution in [-0.2, 0) is 14.6 Å². The molecular weight excluding hydrogens is 270 g/mol. The van der Waals surface area contributed by atoms with Crippen LogP contribution in [-0.4, -0.2) is 24.9 Å². The normalized spacial score (nSPS) is 12.2. The lowest BCUT2D eigenvalue weighted by Gasteiger charge is -2.16. The van der Waals surface area contributed by atoms with E-state index in [-0.39, 0.29) is 0 Å². The van der Waals surface area contributed by atoms with Gasteiger partial charge in [0.25, 0.3) is 5.69 Å². The van der Waals surface area contributed by atoms with Crippen molar-refractivity contribution in [1.29, 1.82) is 0 Å². The molecule has 0 fully saturated rings. The molecule has 0 bridgehead atoms. The predicted molar refractivity (Wildman–Crippen MR) is 69.6 cm³/mol. The number of sulfone groups is 1. The molecule has 1 aromatic carbocycles. The van der Waals surface area contributed by atoms with Crippen LogP contribution in [0.15, 0.2) is 29.2 Å². The molecule has 0 amide bonds.